The Kier molecular flexibility index (Phi) is 6.71. The Morgan fingerprint density at radius 2 is 1.43 bits per heavy atom. The zero-order valence-corrected chi connectivity index (χ0v) is 20.0. The van der Waals surface area contributed by atoms with Gasteiger partial charge in [0.2, 0.25) is 0 Å². The molecule has 0 saturated heterocycles. The Morgan fingerprint density at radius 1 is 0.893 bits per heavy atom. The van der Waals surface area contributed by atoms with Crippen LogP contribution in [0.15, 0.2) is 30.3 Å². The molecule has 0 saturated carbocycles. The van der Waals surface area contributed by atoms with Crippen LogP contribution in [0.4, 0.5) is 0 Å². The monoisotopic (exact) mass is 416 g/mol. The zero-order chi connectivity index (χ0) is 21.3. The van der Waals surface area contributed by atoms with E-state index in [9.17, 15) is 15.0 Å². The molecule has 0 amide bonds. The second kappa shape index (κ2) is 8.33. The Bertz CT molecular complexity index is 860. The van der Waals surface area contributed by atoms with E-state index in [-0.39, 0.29) is 19.2 Å². The van der Waals surface area contributed by atoms with Gasteiger partial charge in [-0.1, -0.05) is 62.7 Å². The summed E-state index contributed by atoms with van der Waals surface area (Å²) in [5.41, 5.74) is 4.42. The van der Waals surface area contributed by atoms with E-state index in [1.165, 1.54) is 17.5 Å². The lowest BCUT2D eigenvalue weighted by molar-refractivity contribution is 0.0600. The molecule has 0 aliphatic rings. The fourth-order valence-electron chi connectivity index (χ4n) is 3.79. The zero-order valence-electron chi connectivity index (χ0n) is 18.0. The number of carbonyl (C=O) groups is 1. The molecule has 0 aromatic heterocycles. The normalized spacial score (nSPS) is 12.2. The Balaban J connectivity index is 2.86. The molecule has 0 spiro atoms. The topological polar surface area (TPSA) is 66.8 Å². The summed E-state index contributed by atoms with van der Waals surface area (Å²) in [5.74, 6) is -0.355. The maximum Gasteiger partial charge on any atom is 0.337 e. The third-order valence-electron chi connectivity index (χ3n) is 5.04. The summed E-state index contributed by atoms with van der Waals surface area (Å²) in [6.45, 7) is 13.4. The van der Waals surface area contributed by atoms with Crippen LogP contribution in [-0.2, 0) is 18.0 Å². The minimum absolute atomic E-state index is 0.0610. The summed E-state index contributed by atoms with van der Waals surface area (Å²) >= 11 is 0. The molecule has 6 heteroatoms. The van der Waals surface area contributed by atoms with E-state index >= 15 is 0 Å². The first-order valence-electron chi connectivity index (χ1n) is 9.55. The van der Waals surface area contributed by atoms with Gasteiger partial charge in [0.15, 0.2) is 0 Å². The molecule has 152 valence electrons. The SMILES string of the molecule is COC(=O)c1ccc(-c2cc([Si](C)(C)C)c(CO)c(CO)c2[Si](C)(C)C)cc1. The fraction of sp³-hybridized carbons (Fsp3) is 0.409. The summed E-state index contributed by atoms with van der Waals surface area (Å²) in [6.07, 6.45) is 0. The van der Waals surface area contributed by atoms with Crippen LogP contribution in [0.5, 0.6) is 0 Å². The first-order chi connectivity index (χ1) is 13.0. The molecule has 0 heterocycles. The summed E-state index contributed by atoms with van der Waals surface area (Å²) in [7, 11) is -2.23. The molecule has 2 aromatic carbocycles. The molecule has 2 rings (SSSR count). The number of hydrogen-bond acceptors (Lipinski definition) is 4. The van der Waals surface area contributed by atoms with Gasteiger partial charge in [-0.25, -0.2) is 4.79 Å². The summed E-state index contributed by atoms with van der Waals surface area (Å²) < 4.78 is 4.80. The van der Waals surface area contributed by atoms with Gasteiger partial charge >= 0.3 is 5.97 Å². The van der Waals surface area contributed by atoms with Gasteiger partial charge in [0, 0.05) is 0 Å². The lowest BCUT2D eigenvalue weighted by Gasteiger charge is -2.31. The highest BCUT2D eigenvalue weighted by Crippen LogP contribution is 2.26. The van der Waals surface area contributed by atoms with Crippen molar-refractivity contribution in [3.05, 3.63) is 47.0 Å². The first-order valence-corrected chi connectivity index (χ1v) is 16.6. The molecular formula is C22H32O4Si2. The minimum Gasteiger partial charge on any atom is -0.465 e. The number of aliphatic hydroxyl groups excluding tert-OH is 2. The van der Waals surface area contributed by atoms with E-state index in [0.717, 1.165) is 22.3 Å². The molecule has 0 atom stereocenters. The number of carbonyl (C=O) groups excluding carboxylic acids is 1. The van der Waals surface area contributed by atoms with Gasteiger partial charge in [0.05, 0.1) is 42.0 Å². The largest absolute Gasteiger partial charge is 0.465 e. The van der Waals surface area contributed by atoms with Crippen LogP contribution in [-0.4, -0.2) is 39.4 Å². The van der Waals surface area contributed by atoms with Gasteiger partial charge < -0.3 is 14.9 Å². The molecule has 0 fully saturated rings. The number of methoxy groups -OCH3 is 1. The third-order valence-corrected chi connectivity index (χ3v) is 9.17. The molecule has 0 aliphatic heterocycles. The van der Waals surface area contributed by atoms with Crippen LogP contribution >= 0.6 is 0 Å². The van der Waals surface area contributed by atoms with Gasteiger partial charge in [-0.3, -0.25) is 0 Å². The van der Waals surface area contributed by atoms with Crippen molar-refractivity contribution in [1.29, 1.82) is 0 Å². The highest BCUT2D eigenvalue weighted by molar-refractivity contribution is 6.91. The first kappa shape index (κ1) is 22.6. The number of hydrogen-bond donors (Lipinski definition) is 2. The van der Waals surface area contributed by atoms with Crippen molar-refractivity contribution in [2.75, 3.05) is 7.11 Å². The van der Waals surface area contributed by atoms with E-state index in [1.807, 2.05) is 12.1 Å². The van der Waals surface area contributed by atoms with Crippen molar-refractivity contribution in [2.45, 2.75) is 52.5 Å². The van der Waals surface area contributed by atoms with Gasteiger partial charge in [-0.05, 0) is 39.6 Å². The van der Waals surface area contributed by atoms with Crippen molar-refractivity contribution in [3.63, 3.8) is 0 Å². The fourth-order valence-corrected chi connectivity index (χ4v) is 7.66. The standard InChI is InChI=1S/C22H32O4Si2/c1-26-22(25)16-10-8-15(9-11-16)17-12-20(27(2,3)4)18(13-23)19(14-24)21(17)28(5,6)7/h8-12,23-24H,13-14H2,1-7H3. The van der Waals surface area contributed by atoms with E-state index < -0.39 is 16.1 Å². The van der Waals surface area contributed by atoms with Gasteiger partial charge in [0.1, 0.15) is 0 Å². The predicted molar refractivity (Wildman–Crippen MR) is 121 cm³/mol. The lowest BCUT2D eigenvalue weighted by atomic mass is 9.98. The number of esters is 1. The lowest BCUT2D eigenvalue weighted by Crippen LogP contribution is -2.48. The molecule has 0 aliphatic carbocycles. The Morgan fingerprint density at radius 3 is 1.82 bits per heavy atom. The molecule has 2 aromatic rings. The van der Waals surface area contributed by atoms with Gasteiger partial charge in [-0.15, -0.1) is 0 Å². The van der Waals surface area contributed by atoms with Crippen molar-refractivity contribution < 1.29 is 19.7 Å². The predicted octanol–water partition coefficient (Wildman–Crippen LogP) is 3.22. The molecule has 0 radical (unpaired) electrons. The van der Waals surface area contributed by atoms with Crippen molar-refractivity contribution in [1.82, 2.24) is 0 Å². The quantitative estimate of drug-likeness (QED) is 0.560. The Labute approximate surface area is 170 Å². The average Bonchev–Trinajstić information content (AvgIpc) is 2.64. The van der Waals surface area contributed by atoms with Crippen LogP contribution in [0.1, 0.15) is 21.5 Å². The summed E-state index contributed by atoms with van der Waals surface area (Å²) in [5, 5.41) is 22.8. The molecule has 4 nitrogen and oxygen atoms in total. The number of aliphatic hydroxyl groups is 2. The smallest absolute Gasteiger partial charge is 0.337 e. The van der Waals surface area contributed by atoms with Crippen LogP contribution < -0.4 is 10.4 Å². The summed E-state index contributed by atoms with van der Waals surface area (Å²) in [4.78, 5) is 11.8. The Hall–Kier alpha value is -1.74. The maximum absolute atomic E-state index is 11.8. The summed E-state index contributed by atoms with van der Waals surface area (Å²) in [6, 6.07) is 9.67. The van der Waals surface area contributed by atoms with Gasteiger partial charge in [0.25, 0.3) is 0 Å². The third kappa shape index (κ3) is 4.46. The van der Waals surface area contributed by atoms with Gasteiger partial charge in [-0.2, -0.15) is 0 Å². The number of ether oxygens (including phenoxy) is 1. The van der Waals surface area contributed by atoms with E-state index in [2.05, 4.69) is 45.3 Å². The average molecular weight is 417 g/mol. The van der Waals surface area contributed by atoms with Crippen LogP contribution in [0, 0.1) is 0 Å². The highest BCUT2D eigenvalue weighted by atomic mass is 28.3. The van der Waals surface area contributed by atoms with Crippen molar-refractivity contribution in [2.24, 2.45) is 0 Å². The number of benzene rings is 2. The maximum atomic E-state index is 11.8. The molecule has 2 N–H and O–H groups in total. The number of rotatable bonds is 6. The second-order valence-corrected chi connectivity index (χ2v) is 19.2. The highest BCUT2D eigenvalue weighted by Gasteiger charge is 2.31. The van der Waals surface area contributed by atoms with Crippen LogP contribution in [0.2, 0.25) is 39.3 Å². The van der Waals surface area contributed by atoms with E-state index in [0.29, 0.717) is 5.56 Å². The van der Waals surface area contributed by atoms with Crippen LogP contribution in [0.25, 0.3) is 11.1 Å². The van der Waals surface area contributed by atoms with E-state index in [4.69, 9.17) is 4.74 Å². The van der Waals surface area contributed by atoms with Crippen LogP contribution in [0.3, 0.4) is 0 Å². The van der Waals surface area contributed by atoms with Crippen molar-refractivity contribution in [3.8, 4) is 11.1 Å². The second-order valence-electron chi connectivity index (χ2n) is 9.19. The minimum atomic E-state index is -1.85. The van der Waals surface area contributed by atoms with E-state index in [1.54, 1.807) is 12.1 Å². The van der Waals surface area contributed by atoms with Crippen molar-refractivity contribution >= 4 is 32.5 Å². The molecular weight excluding hydrogens is 384 g/mol. The molecule has 0 bridgehead atoms. The molecule has 0 unspecified atom stereocenters. The molecule has 28 heavy (non-hydrogen) atoms.